The van der Waals surface area contributed by atoms with E-state index in [1.165, 1.54) is 10.4 Å². The van der Waals surface area contributed by atoms with Crippen molar-refractivity contribution in [2.24, 2.45) is 11.1 Å². The van der Waals surface area contributed by atoms with Gasteiger partial charge in [0.1, 0.15) is 17.1 Å². The number of hydrogen-bond donors (Lipinski definition) is 4. The van der Waals surface area contributed by atoms with Gasteiger partial charge in [0, 0.05) is 24.5 Å². The number of piperidine rings is 1. The molecule has 1 saturated heterocycles. The normalized spacial score (nSPS) is 20.0. The molecule has 0 bridgehead atoms. The summed E-state index contributed by atoms with van der Waals surface area (Å²) in [6.07, 6.45) is 6.11. The zero-order valence-electron chi connectivity index (χ0n) is 22.2. The predicted molar refractivity (Wildman–Crippen MR) is 151 cm³/mol. The van der Waals surface area contributed by atoms with E-state index in [9.17, 15) is 14.4 Å². The van der Waals surface area contributed by atoms with Gasteiger partial charge in [0.25, 0.3) is 11.5 Å². The van der Waals surface area contributed by atoms with Crippen molar-refractivity contribution in [3.63, 3.8) is 0 Å². The molecule has 3 aliphatic heterocycles. The summed E-state index contributed by atoms with van der Waals surface area (Å²) in [5, 5.41) is 7.02. The Kier molecular flexibility index (Phi) is 6.16. The molecule has 11 heteroatoms. The number of carbonyl (C=O) groups is 2. The van der Waals surface area contributed by atoms with E-state index < -0.39 is 5.91 Å². The lowest BCUT2D eigenvalue weighted by molar-refractivity contribution is -0.137. The van der Waals surface area contributed by atoms with Crippen LogP contribution in [-0.4, -0.2) is 53.0 Å². The van der Waals surface area contributed by atoms with Crippen LogP contribution >= 0.6 is 11.3 Å². The molecule has 40 heavy (non-hydrogen) atoms. The van der Waals surface area contributed by atoms with Crippen LogP contribution in [0.4, 0.5) is 0 Å². The Morgan fingerprint density at radius 2 is 2.02 bits per heavy atom. The van der Waals surface area contributed by atoms with Crippen molar-refractivity contribution in [3.8, 4) is 0 Å². The number of nitrogens with one attached hydrogen (secondary N) is 3. The predicted octanol–water partition coefficient (Wildman–Crippen LogP) is 1.86. The number of ether oxygens (including phenoxy) is 1. The van der Waals surface area contributed by atoms with Gasteiger partial charge in [-0.1, -0.05) is 18.2 Å². The van der Waals surface area contributed by atoms with Gasteiger partial charge in [0.15, 0.2) is 0 Å². The van der Waals surface area contributed by atoms with E-state index in [0.29, 0.717) is 40.1 Å². The van der Waals surface area contributed by atoms with Crippen molar-refractivity contribution < 1.29 is 14.3 Å². The zero-order chi connectivity index (χ0) is 27.4. The number of hydrogen-bond acceptors (Lipinski definition) is 9. The van der Waals surface area contributed by atoms with Crippen LogP contribution in [0.5, 0.6) is 0 Å². The summed E-state index contributed by atoms with van der Waals surface area (Å²) >= 11 is 1.57. The molecule has 208 valence electrons. The van der Waals surface area contributed by atoms with Gasteiger partial charge in [-0.05, 0) is 79.3 Å². The quantitative estimate of drug-likeness (QED) is 0.354. The van der Waals surface area contributed by atoms with Gasteiger partial charge in [-0.2, -0.15) is 0 Å². The molecular weight excluding hydrogens is 528 g/mol. The van der Waals surface area contributed by atoms with Crippen molar-refractivity contribution in [2.45, 2.75) is 51.6 Å². The van der Waals surface area contributed by atoms with Crippen LogP contribution in [0, 0.1) is 5.41 Å². The topological polar surface area (TPSA) is 142 Å². The summed E-state index contributed by atoms with van der Waals surface area (Å²) in [5.41, 5.74) is 11.4. The number of aromatic nitrogens is 2. The number of carbonyl (C=O) groups excluding carboxylic acids is 2. The fourth-order valence-electron chi connectivity index (χ4n) is 6.75. The molecule has 5 N–H and O–H groups in total. The third-order valence-corrected chi connectivity index (χ3v) is 10.1. The molecule has 1 fully saturated rings. The smallest absolute Gasteiger partial charge is 0.356 e. The SMILES string of the molecule is NC1=C(N2CCc3ccc(CNC(=O)c4nc5sc6c(c5c(=O)[nH]4)CCC4(CCNCC4)C6)cc3C2)C(=O)OC1. The fraction of sp³-hybridized carbons (Fsp3) is 0.448. The van der Waals surface area contributed by atoms with Gasteiger partial charge in [0.05, 0.1) is 11.1 Å². The number of cyclic esters (lactones) is 1. The summed E-state index contributed by atoms with van der Waals surface area (Å²) in [6, 6.07) is 6.11. The standard InChI is InChI=1S/C29H32N6O4S/c30-20-15-39-28(38)23(20)35-10-4-17-2-1-16(11-18(17)14-35)13-32-26(37)24-33-25(36)22-19-3-5-29(6-8-31-9-7-29)12-21(19)40-27(22)34-24/h1-2,11,31H,3-10,12-15,30H2,(H,32,37)(H,33,34,36). The Morgan fingerprint density at radius 1 is 1.18 bits per heavy atom. The Hall–Kier alpha value is -3.70. The molecule has 1 amide bonds. The van der Waals surface area contributed by atoms with Crippen molar-refractivity contribution in [1.29, 1.82) is 0 Å². The third-order valence-electron chi connectivity index (χ3n) is 8.97. The number of fused-ring (bicyclic) bond motifs is 4. The van der Waals surface area contributed by atoms with E-state index in [-0.39, 0.29) is 30.5 Å². The van der Waals surface area contributed by atoms with Crippen LogP contribution in [-0.2, 0) is 41.9 Å². The second kappa shape index (κ2) is 9.74. The number of nitrogens with zero attached hydrogens (tertiary/aromatic N) is 2. The highest BCUT2D eigenvalue weighted by Crippen LogP contribution is 2.46. The molecule has 3 aromatic rings. The average molecular weight is 561 g/mol. The minimum Gasteiger partial charge on any atom is -0.454 e. The molecule has 0 radical (unpaired) electrons. The number of H-pyrrole nitrogens is 1. The molecule has 1 aromatic carbocycles. The van der Waals surface area contributed by atoms with E-state index in [1.54, 1.807) is 11.3 Å². The number of thiophene rings is 1. The largest absolute Gasteiger partial charge is 0.454 e. The highest BCUT2D eigenvalue weighted by molar-refractivity contribution is 7.18. The van der Waals surface area contributed by atoms with Gasteiger partial charge in [-0.15, -0.1) is 11.3 Å². The first-order valence-electron chi connectivity index (χ1n) is 13.9. The Balaban J connectivity index is 1.06. The second-order valence-corrected chi connectivity index (χ2v) is 12.5. The van der Waals surface area contributed by atoms with Crippen molar-refractivity contribution in [1.82, 2.24) is 25.5 Å². The molecule has 0 saturated carbocycles. The average Bonchev–Trinajstić information content (AvgIpc) is 3.49. The summed E-state index contributed by atoms with van der Waals surface area (Å²) in [6.45, 7) is 3.77. The van der Waals surface area contributed by atoms with Crippen LogP contribution in [0.25, 0.3) is 10.2 Å². The zero-order valence-corrected chi connectivity index (χ0v) is 23.0. The maximum absolute atomic E-state index is 13.1. The van der Waals surface area contributed by atoms with Crippen molar-refractivity contribution >= 4 is 33.4 Å². The molecule has 0 atom stereocenters. The van der Waals surface area contributed by atoms with Gasteiger partial charge in [-0.25, -0.2) is 9.78 Å². The van der Waals surface area contributed by atoms with Crippen molar-refractivity contribution in [3.05, 3.63) is 72.9 Å². The third kappa shape index (κ3) is 4.37. The number of rotatable bonds is 4. The molecule has 10 nitrogen and oxygen atoms in total. The summed E-state index contributed by atoms with van der Waals surface area (Å²) in [4.78, 5) is 49.5. The minimum absolute atomic E-state index is 0.0407. The highest BCUT2D eigenvalue weighted by atomic mass is 32.1. The Morgan fingerprint density at radius 3 is 2.83 bits per heavy atom. The lowest BCUT2D eigenvalue weighted by atomic mass is 9.68. The molecule has 0 unspecified atom stereocenters. The summed E-state index contributed by atoms with van der Waals surface area (Å²) in [5.74, 6) is -0.745. The van der Waals surface area contributed by atoms with E-state index in [2.05, 4.69) is 26.7 Å². The van der Waals surface area contributed by atoms with Crippen LogP contribution in [0.15, 0.2) is 34.4 Å². The number of benzene rings is 1. The maximum Gasteiger partial charge on any atom is 0.356 e. The van der Waals surface area contributed by atoms with Crippen LogP contribution < -0.4 is 21.9 Å². The van der Waals surface area contributed by atoms with E-state index in [1.807, 2.05) is 17.0 Å². The molecule has 2 aromatic heterocycles. The number of amides is 1. The van der Waals surface area contributed by atoms with Gasteiger partial charge in [-0.3, -0.25) is 9.59 Å². The van der Waals surface area contributed by atoms with Crippen LogP contribution in [0.3, 0.4) is 0 Å². The van der Waals surface area contributed by atoms with Crippen LogP contribution in [0.2, 0.25) is 0 Å². The first-order valence-corrected chi connectivity index (χ1v) is 14.8. The molecule has 1 aliphatic carbocycles. The number of aryl methyl sites for hydroxylation is 1. The molecule has 1 spiro atoms. The molecule has 7 rings (SSSR count). The molecular formula is C29H32N6O4S. The fourth-order valence-corrected chi connectivity index (χ4v) is 8.14. The highest BCUT2D eigenvalue weighted by Gasteiger charge is 2.38. The maximum atomic E-state index is 13.1. The van der Waals surface area contributed by atoms with E-state index >= 15 is 0 Å². The summed E-state index contributed by atoms with van der Waals surface area (Å²) < 4.78 is 5.07. The lowest BCUT2D eigenvalue weighted by Gasteiger charge is -2.40. The second-order valence-electron chi connectivity index (χ2n) is 11.4. The molecule has 4 aliphatic rings. The van der Waals surface area contributed by atoms with Gasteiger partial charge < -0.3 is 31.0 Å². The first-order chi connectivity index (χ1) is 19.4. The lowest BCUT2D eigenvalue weighted by Crippen LogP contribution is -2.40. The number of nitrogens with two attached hydrogens (primary N) is 1. The molecule has 5 heterocycles. The first kappa shape index (κ1) is 25.3. The number of aromatic amines is 1. The number of esters is 1. The van der Waals surface area contributed by atoms with E-state index in [4.69, 9.17) is 10.5 Å². The Bertz CT molecular complexity index is 1630. The van der Waals surface area contributed by atoms with Gasteiger partial charge >= 0.3 is 5.97 Å². The Labute approximate surface area is 235 Å². The van der Waals surface area contributed by atoms with Gasteiger partial charge in [0.2, 0.25) is 5.82 Å². The summed E-state index contributed by atoms with van der Waals surface area (Å²) in [7, 11) is 0. The monoisotopic (exact) mass is 560 g/mol. The minimum atomic E-state index is -0.411. The van der Waals surface area contributed by atoms with Crippen LogP contribution in [0.1, 0.15) is 57.0 Å². The van der Waals surface area contributed by atoms with E-state index in [0.717, 1.165) is 68.3 Å². The van der Waals surface area contributed by atoms with Crippen molar-refractivity contribution in [2.75, 3.05) is 26.2 Å².